The summed E-state index contributed by atoms with van der Waals surface area (Å²) in [6.45, 7) is 5.49. The molecule has 0 aromatic heterocycles. The molecule has 3 atom stereocenters. The number of hydrogen-bond acceptors (Lipinski definition) is 3. The van der Waals surface area contributed by atoms with Crippen LogP contribution < -0.4 is 10.6 Å². The van der Waals surface area contributed by atoms with E-state index < -0.39 is 0 Å². The van der Waals surface area contributed by atoms with Crippen molar-refractivity contribution in [1.29, 1.82) is 0 Å². The van der Waals surface area contributed by atoms with E-state index in [1.807, 2.05) is 18.2 Å². The molecule has 0 amide bonds. The number of rotatable bonds is 1. The molecule has 108 valence electrons. The monoisotopic (exact) mass is 291 g/mol. The molecule has 0 bridgehead atoms. The van der Waals surface area contributed by atoms with Crippen LogP contribution in [0.1, 0.15) is 33.1 Å². The smallest absolute Gasteiger partial charge is 0.196 e. The number of anilines is 1. The largest absolute Gasteiger partial charge is 0.369 e. The van der Waals surface area contributed by atoms with Gasteiger partial charge in [-0.05, 0) is 36.5 Å². The van der Waals surface area contributed by atoms with Crippen molar-refractivity contribution in [3.63, 3.8) is 0 Å². The lowest BCUT2D eigenvalue weighted by molar-refractivity contribution is 0.159. The molecule has 1 aliphatic carbocycles. The number of nitrogens with zero attached hydrogens (tertiary/aromatic N) is 2. The van der Waals surface area contributed by atoms with Crippen molar-refractivity contribution in [3.8, 4) is 0 Å². The second-order valence-corrected chi connectivity index (χ2v) is 6.69. The molecule has 1 saturated carbocycles. The zero-order valence-electron chi connectivity index (χ0n) is 12.1. The Morgan fingerprint density at radius 1 is 1.40 bits per heavy atom. The Kier molecular flexibility index (Phi) is 3.41. The van der Waals surface area contributed by atoms with Gasteiger partial charge in [0, 0.05) is 10.7 Å². The third kappa shape index (κ3) is 1.99. The lowest BCUT2D eigenvalue weighted by atomic mass is 9.67. The minimum atomic E-state index is 0.0342. The Morgan fingerprint density at radius 3 is 2.95 bits per heavy atom. The van der Waals surface area contributed by atoms with Crippen LogP contribution in [-0.2, 0) is 0 Å². The van der Waals surface area contributed by atoms with Crippen molar-refractivity contribution >= 4 is 23.2 Å². The van der Waals surface area contributed by atoms with Crippen molar-refractivity contribution in [2.45, 2.75) is 38.6 Å². The third-order valence-corrected chi connectivity index (χ3v) is 5.46. The van der Waals surface area contributed by atoms with E-state index >= 15 is 0 Å². The molecular weight excluding hydrogens is 270 g/mol. The van der Waals surface area contributed by atoms with Gasteiger partial charge in [-0.25, -0.2) is 0 Å². The number of aliphatic imine (C=N–C) groups is 1. The molecule has 2 aliphatic rings. The van der Waals surface area contributed by atoms with Gasteiger partial charge in [-0.3, -0.25) is 4.99 Å². The van der Waals surface area contributed by atoms with E-state index in [1.165, 1.54) is 12.8 Å². The van der Waals surface area contributed by atoms with Crippen molar-refractivity contribution in [2.24, 2.45) is 22.6 Å². The van der Waals surface area contributed by atoms with Gasteiger partial charge >= 0.3 is 0 Å². The maximum absolute atomic E-state index is 6.21. The first-order valence-electron chi connectivity index (χ1n) is 7.40. The normalized spacial score (nSPS) is 33.5. The van der Waals surface area contributed by atoms with E-state index in [1.54, 1.807) is 0 Å². The maximum Gasteiger partial charge on any atom is 0.196 e. The SMILES string of the molecule is CC1CCCC2(CN=C(N)N2c2cccc(Cl)c2)C1C. The van der Waals surface area contributed by atoms with Gasteiger partial charge in [-0.15, -0.1) is 0 Å². The Labute approximate surface area is 125 Å². The van der Waals surface area contributed by atoms with Crippen LogP contribution in [0.2, 0.25) is 5.02 Å². The highest BCUT2D eigenvalue weighted by atomic mass is 35.5. The highest BCUT2D eigenvalue weighted by Crippen LogP contribution is 2.46. The summed E-state index contributed by atoms with van der Waals surface area (Å²) >= 11 is 6.16. The Balaban J connectivity index is 2.04. The summed E-state index contributed by atoms with van der Waals surface area (Å²) in [5.41, 5.74) is 7.31. The predicted octanol–water partition coefficient (Wildman–Crippen LogP) is 3.67. The van der Waals surface area contributed by atoms with Crippen molar-refractivity contribution < 1.29 is 0 Å². The van der Waals surface area contributed by atoms with E-state index in [9.17, 15) is 0 Å². The summed E-state index contributed by atoms with van der Waals surface area (Å²) in [6.07, 6.45) is 3.69. The second kappa shape index (κ2) is 4.96. The molecule has 20 heavy (non-hydrogen) atoms. The lowest BCUT2D eigenvalue weighted by Gasteiger charge is -2.49. The van der Waals surface area contributed by atoms with Gasteiger partial charge in [0.1, 0.15) is 0 Å². The van der Waals surface area contributed by atoms with E-state index in [-0.39, 0.29) is 5.54 Å². The van der Waals surface area contributed by atoms with Crippen LogP contribution in [0.25, 0.3) is 0 Å². The molecule has 1 fully saturated rings. The zero-order chi connectivity index (χ0) is 14.3. The summed E-state index contributed by atoms with van der Waals surface area (Å²) < 4.78 is 0. The van der Waals surface area contributed by atoms with Crippen LogP contribution in [0.4, 0.5) is 5.69 Å². The van der Waals surface area contributed by atoms with Gasteiger partial charge < -0.3 is 10.6 Å². The number of hydrogen-bond donors (Lipinski definition) is 1. The molecule has 4 heteroatoms. The summed E-state index contributed by atoms with van der Waals surface area (Å²) in [4.78, 5) is 6.80. The average Bonchev–Trinajstić information content (AvgIpc) is 2.74. The Morgan fingerprint density at radius 2 is 2.20 bits per heavy atom. The van der Waals surface area contributed by atoms with Gasteiger partial charge in [0.2, 0.25) is 0 Å². The highest BCUT2D eigenvalue weighted by molar-refractivity contribution is 6.31. The van der Waals surface area contributed by atoms with Crippen molar-refractivity contribution in [3.05, 3.63) is 29.3 Å². The first-order valence-corrected chi connectivity index (χ1v) is 7.78. The number of halogens is 1. The number of benzene rings is 1. The standard InChI is InChI=1S/C16H22ClN3/c1-11-5-4-8-16(12(11)2)10-19-15(18)20(16)14-7-3-6-13(17)9-14/h3,6-7,9,11-12H,4-5,8,10H2,1-2H3,(H2,18,19). The molecule has 1 aromatic rings. The van der Waals surface area contributed by atoms with Gasteiger partial charge in [0.25, 0.3) is 0 Å². The quantitative estimate of drug-likeness (QED) is 0.858. The third-order valence-electron chi connectivity index (χ3n) is 5.23. The molecule has 1 aromatic carbocycles. The number of guanidine groups is 1. The average molecular weight is 292 g/mol. The first-order chi connectivity index (χ1) is 9.54. The zero-order valence-corrected chi connectivity index (χ0v) is 12.9. The summed E-state index contributed by atoms with van der Waals surface area (Å²) in [5, 5.41) is 0.744. The van der Waals surface area contributed by atoms with Crippen LogP contribution >= 0.6 is 11.6 Å². The van der Waals surface area contributed by atoms with Gasteiger partial charge in [0.05, 0.1) is 12.1 Å². The minimum absolute atomic E-state index is 0.0342. The fourth-order valence-corrected chi connectivity index (χ4v) is 4.05. The van der Waals surface area contributed by atoms with Crippen LogP contribution in [0.5, 0.6) is 0 Å². The second-order valence-electron chi connectivity index (χ2n) is 6.25. The topological polar surface area (TPSA) is 41.6 Å². The number of nitrogens with two attached hydrogens (primary N) is 1. The fraction of sp³-hybridized carbons (Fsp3) is 0.562. The lowest BCUT2D eigenvalue weighted by Crippen LogP contribution is -2.58. The van der Waals surface area contributed by atoms with Crippen molar-refractivity contribution in [1.82, 2.24) is 0 Å². The first kappa shape index (κ1) is 13.7. The molecule has 1 aliphatic heterocycles. The fourth-order valence-electron chi connectivity index (χ4n) is 3.87. The van der Waals surface area contributed by atoms with E-state index in [0.29, 0.717) is 17.8 Å². The molecular formula is C16H22ClN3. The Bertz CT molecular complexity index is 542. The molecule has 3 unspecified atom stereocenters. The highest BCUT2D eigenvalue weighted by Gasteiger charge is 2.50. The van der Waals surface area contributed by atoms with Crippen LogP contribution in [0.3, 0.4) is 0 Å². The molecule has 1 heterocycles. The van der Waals surface area contributed by atoms with E-state index in [2.05, 4.69) is 29.8 Å². The van der Waals surface area contributed by atoms with Gasteiger partial charge in [0.15, 0.2) is 5.96 Å². The van der Waals surface area contributed by atoms with E-state index in [4.69, 9.17) is 17.3 Å². The van der Waals surface area contributed by atoms with Crippen LogP contribution in [0.15, 0.2) is 29.3 Å². The summed E-state index contributed by atoms with van der Waals surface area (Å²) in [5.74, 6) is 1.90. The predicted molar refractivity (Wildman–Crippen MR) is 85.3 cm³/mol. The van der Waals surface area contributed by atoms with Gasteiger partial charge in [-0.1, -0.05) is 44.4 Å². The molecule has 2 N–H and O–H groups in total. The van der Waals surface area contributed by atoms with Crippen LogP contribution in [0, 0.1) is 11.8 Å². The molecule has 0 saturated heterocycles. The summed E-state index contributed by atoms with van der Waals surface area (Å²) in [7, 11) is 0. The Hall–Kier alpha value is -1.22. The van der Waals surface area contributed by atoms with E-state index in [0.717, 1.165) is 23.7 Å². The molecule has 0 radical (unpaired) electrons. The van der Waals surface area contributed by atoms with Crippen LogP contribution in [-0.4, -0.2) is 18.0 Å². The van der Waals surface area contributed by atoms with Crippen molar-refractivity contribution in [2.75, 3.05) is 11.4 Å². The minimum Gasteiger partial charge on any atom is -0.369 e. The summed E-state index contributed by atoms with van der Waals surface area (Å²) in [6, 6.07) is 7.94. The van der Waals surface area contributed by atoms with Gasteiger partial charge in [-0.2, -0.15) is 0 Å². The maximum atomic E-state index is 6.21. The molecule has 3 rings (SSSR count). The molecule has 3 nitrogen and oxygen atoms in total. The molecule has 1 spiro atoms.